The number of nitrogens with one attached hydrogen (secondary N) is 2. The van der Waals surface area contributed by atoms with Crippen LogP contribution in [0.3, 0.4) is 0 Å². The van der Waals surface area contributed by atoms with Gasteiger partial charge in [-0.1, -0.05) is 25.1 Å². The molecule has 0 radical (unpaired) electrons. The van der Waals surface area contributed by atoms with E-state index in [-0.39, 0.29) is 11.3 Å². The molecule has 0 aliphatic rings. The van der Waals surface area contributed by atoms with Crippen LogP contribution in [0.4, 0.5) is 0 Å². The Labute approximate surface area is 144 Å². The van der Waals surface area contributed by atoms with E-state index in [2.05, 4.69) is 20.6 Å². The zero-order valence-corrected chi connectivity index (χ0v) is 14.1. The molecule has 0 saturated heterocycles. The molecular weight excluding hydrogens is 318 g/mol. The van der Waals surface area contributed by atoms with E-state index in [0.717, 1.165) is 12.1 Å². The number of nitrogens with zero attached hydrogens (tertiary/aromatic N) is 3. The van der Waals surface area contributed by atoms with Crippen molar-refractivity contribution < 1.29 is 4.79 Å². The summed E-state index contributed by atoms with van der Waals surface area (Å²) < 4.78 is 1.33. The molecule has 3 aromatic rings. The number of amides is 1. The number of aromatic amines is 1. The van der Waals surface area contributed by atoms with Crippen molar-refractivity contribution in [2.75, 3.05) is 0 Å². The van der Waals surface area contributed by atoms with Crippen molar-refractivity contribution in [2.24, 2.45) is 5.10 Å². The van der Waals surface area contributed by atoms with Crippen LogP contribution in [0, 0.1) is 0 Å². The summed E-state index contributed by atoms with van der Waals surface area (Å²) in [6.45, 7) is 4.19. The fraction of sp³-hybridized carbons (Fsp3) is 0.222. The van der Waals surface area contributed by atoms with Crippen molar-refractivity contribution in [1.82, 2.24) is 20.2 Å². The minimum atomic E-state index is -0.452. The fourth-order valence-electron chi connectivity index (χ4n) is 2.57. The maximum Gasteiger partial charge on any atom is 0.292 e. The molecule has 0 bridgehead atoms. The summed E-state index contributed by atoms with van der Waals surface area (Å²) >= 11 is 0. The number of hydrogen-bond acceptors (Lipinski definition) is 4. The Balaban J connectivity index is 1.99. The predicted molar refractivity (Wildman–Crippen MR) is 96.8 cm³/mol. The number of H-pyrrole nitrogens is 1. The monoisotopic (exact) mass is 337 g/mol. The number of benzene rings is 1. The second-order valence-corrected chi connectivity index (χ2v) is 5.64. The molecule has 7 heteroatoms. The Bertz CT molecular complexity index is 986. The summed E-state index contributed by atoms with van der Waals surface area (Å²) in [6, 6.07) is 10.7. The van der Waals surface area contributed by atoms with E-state index in [1.54, 1.807) is 37.4 Å². The lowest BCUT2D eigenvalue weighted by Gasteiger charge is -2.09. The third kappa shape index (κ3) is 3.35. The van der Waals surface area contributed by atoms with Gasteiger partial charge in [0.05, 0.1) is 16.8 Å². The maximum absolute atomic E-state index is 12.6. The van der Waals surface area contributed by atoms with Gasteiger partial charge in [-0.2, -0.15) is 10.2 Å². The zero-order chi connectivity index (χ0) is 17.8. The van der Waals surface area contributed by atoms with Crippen LogP contribution in [-0.4, -0.2) is 26.4 Å². The van der Waals surface area contributed by atoms with Crippen molar-refractivity contribution >= 4 is 22.4 Å². The summed E-state index contributed by atoms with van der Waals surface area (Å²) in [5.74, 6) is -0.452. The molecule has 25 heavy (non-hydrogen) atoms. The lowest BCUT2D eigenvalue weighted by atomic mass is 10.1. The maximum atomic E-state index is 12.6. The minimum Gasteiger partial charge on any atom is -0.360 e. The van der Waals surface area contributed by atoms with E-state index in [4.69, 9.17) is 0 Å². The van der Waals surface area contributed by atoms with Gasteiger partial charge >= 0.3 is 0 Å². The highest BCUT2D eigenvalue weighted by Crippen LogP contribution is 2.13. The van der Waals surface area contributed by atoms with Crippen LogP contribution in [0.2, 0.25) is 0 Å². The molecule has 0 atom stereocenters. The molecule has 2 heterocycles. The molecule has 0 spiro atoms. The van der Waals surface area contributed by atoms with E-state index in [0.29, 0.717) is 23.0 Å². The van der Waals surface area contributed by atoms with Gasteiger partial charge < -0.3 is 4.98 Å². The molecule has 1 aromatic carbocycles. The van der Waals surface area contributed by atoms with Gasteiger partial charge in [-0.25, -0.2) is 10.1 Å². The number of hydrazone groups is 1. The van der Waals surface area contributed by atoms with Gasteiger partial charge in [0, 0.05) is 18.1 Å². The molecule has 2 N–H and O–H groups in total. The largest absolute Gasteiger partial charge is 0.360 e. The quantitative estimate of drug-likeness (QED) is 0.553. The zero-order valence-electron chi connectivity index (χ0n) is 14.1. The van der Waals surface area contributed by atoms with Gasteiger partial charge in [0.25, 0.3) is 11.5 Å². The van der Waals surface area contributed by atoms with Crippen molar-refractivity contribution in [3.8, 4) is 0 Å². The molecule has 128 valence electrons. The summed E-state index contributed by atoms with van der Waals surface area (Å²) in [5, 5.41) is 9.34. The fourth-order valence-corrected chi connectivity index (χ4v) is 2.57. The number of carbonyl (C=O) groups excluding carboxylic acids is 1. The topological polar surface area (TPSA) is 92.1 Å². The van der Waals surface area contributed by atoms with Crippen LogP contribution in [0.5, 0.6) is 0 Å². The van der Waals surface area contributed by atoms with Crippen LogP contribution >= 0.6 is 0 Å². The first-order valence-corrected chi connectivity index (χ1v) is 8.10. The Morgan fingerprint density at radius 2 is 2.00 bits per heavy atom. The molecule has 0 aliphatic heterocycles. The van der Waals surface area contributed by atoms with E-state index < -0.39 is 5.91 Å². The van der Waals surface area contributed by atoms with Crippen LogP contribution in [0.1, 0.15) is 36.5 Å². The second-order valence-electron chi connectivity index (χ2n) is 5.64. The molecule has 0 fully saturated rings. The van der Waals surface area contributed by atoms with Gasteiger partial charge in [0.15, 0.2) is 5.69 Å². The third-order valence-corrected chi connectivity index (χ3v) is 3.83. The standard InChI is InChI=1S/C18H19N5O2/c1-3-11-23-18(25)14-8-5-4-7-13(14)16(22-23)17(24)21-20-12(2)15-9-6-10-19-15/h4-10,19H,3,11H2,1-2H3,(H,21,24)/b20-12+. The van der Waals surface area contributed by atoms with Gasteiger partial charge in [0.1, 0.15) is 0 Å². The van der Waals surface area contributed by atoms with Crippen LogP contribution < -0.4 is 11.0 Å². The lowest BCUT2D eigenvalue weighted by molar-refractivity contribution is 0.0949. The Morgan fingerprint density at radius 1 is 1.24 bits per heavy atom. The summed E-state index contributed by atoms with van der Waals surface area (Å²) in [5.41, 5.74) is 3.97. The van der Waals surface area contributed by atoms with E-state index >= 15 is 0 Å². The SMILES string of the molecule is CCCn1nc(C(=O)N/N=C(\C)c2ccc[nH]2)c2ccccc2c1=O. The Morgan fingerprint density at radius 3 is 2.68 bits per heavy atom. The Hall–Kier alpha value is -3.22. The normalized spacial score (nSPS) is 11.7. The van der Waals surface area contributed by atoms with Gasteiger partial charge in [-0.3, -0.25) is 9.59 Å². The molecule has 0 saturated carbocycles. The number of aromatic nitrogens is 3. The lowest BCUT2D eigenvalue weighted by Crippen LogP contribution is -2.29. The molecule has 7 nitrogen and oxygen atoms in total. The third-order valence-electron chi connectivity index (χ3n) is 3.83. The number of rotatable bonds is 5. The van der Waals surface area contributed by atoms with Crippen molar-refractivity contribution in [1.29, 1.82) is 0 Å². The summed E-state index contributed by atoms with van der Waals surface area (Å²) in [7, 11) is 0. The number of fused-ring (bicyclic) bond motifs is 1. The molecule has 3 rings (SSSR count). The summed E-state index contributed by atoms with van der Waals surface area (Å²) in [6.07, 6.45) is 2.53. The van der Waals surface area contributed by atoms with E-state index in [1.165, 1.54) is 4.68 Å². The average molecular weight is 337 g/mol. The van der Waals surface area contributed by atoms with Gasteiger partial charge in [-0.05, 0) is 31.5 Å². The van der Waals surface area contributed by atoms with Crippen molar-refractivity contribution in [3.63, 3.8) is 0 Å². The first-order chi connectivity index (χ1) is 12.1. The van der Waals surface area contributed by atoms with Crippen LogP contribution in [-0.2, 0) is 6.54 Å². The molecule has 0 unspecified atom stereocenters. The highest BCUT2D eigenvalue weighted by molar-refractivity contribution is 6.05. The smallest absolute Gasteiger partial charge is 0.292 e. The number of hydrogen-bond donors (Lipinski definition) is 2. The Kier molecular flexibility index (Phi) is 4.74. The first-order valence-electron chi connectivity index (χ1n) is 8.10. The van der Waals surface area contributed by atoms with Crippen molar-refractivity contribution in [3.05, 3.63) is 64.3 Å². The highest BCUT2D eigenvalue weighted by Gasteiger charge is 2.16. The molecule has 2 aromatic heterocycles. The van der Waals surface area contributed by atoms with Crippen LogP contribution in [0.15, 0.2) is 52.5 Å². The number of carbonyl (C=O) groups is 1. The van der Waals surface area contributed by atoms with E-state index in [9.17, 15) is 9.59 Å². The average Bonchev–Trinajstić information content (AvgIpc) is 3.17. The molecule has 1 amide bonds. The first kappa shape index (κ1) is 16.6. The highest BCUT2D eigenvalue weighted by atomic mass is 16.2. The van der Waals surface area contributed by atoms with Gasteiger partial charge in [-0.15, -0.1) is 0 Å². The van der Waals surface area contributed by atoms with Crippen LogP contribution in [0.25, 0.3) is 10.8 Å². The molecule has 0 aliphatic carbocycles. The minimum absolute atomic E-state index is 0.187. The predicted octanol–water partition coefficient (Wildman–Crippen LogP) is 2.29. The van der Waals surface area contributed by atoms with Crippen molar-refractivity contribution in [2.45, 2.75) is 26.8 Å². The number of aryl methyl sites for hydroxylation is 1. The summed E-state index contributed by atoms with van der Waals surface area (Å²) in [4.78, 5) is 28.1. The second kappa shape index (κ2) is 7.12. The van der Waals surface area contributed by atoms with E-state index in [1.807, 2.05) is 19.1 Å². The molecular formula is C18H19N5O2. The van der Waals surface area contributed by atoms with Gasteiger partial charge in [0.2, 0.25) is 0 Å².